The van der Waals surface area contributed by atoms with E-state index in [1.54, 1.807) is 19.2 Å². The number of hydrogen-bond acceptors (Lipinski definition) is 6. The molecule has 3 aliphatic heterocycles. The van der Waals surface area contributed by atoms with E-state index in [-0.39, 0.29) is 41.0 Å². The number of rotatable bonds is 6. The molecule has 3 aliphatic carbocycles. The first-order valence-electron chi connectivity index (χ1n) is 17.4. The number of fused-ring (bicyclic) bond motifs is 9. The van der Waals surface area contributed by atoms with Crippen LogP contribution in [0.5, 0.6) is 5.75 Å². The van der Waals surface area contributed by atoms with E-state index >= 15 is 4.79 Å². The summed E-state index contributed by atoms with van der Waals surface area (Å²) in [6.07, 6.45) is 8.15. The zero-order valence-corrected chi connectivity index (χ0v) is 27.9. The molecule has 0 spiro atoms. The van der Waals surface area contributed by atoms with Crippen LogP contribution in [0.2, 0.25) is 0 Å². The van der Waals surface area contributed by atoms with Gasteiger partial charge in [-0.2, -0.15) is 8.42 Å². The summed E-state index contributed by atoms with van der Waals surface area (Å²) in [7, 11) is -2.60. The summed E-state index contributed by atoms with van der Waals surface area (Å²) < 4.78 is 33.4. The molecule has 0 bridgehead atoms. The fraction of sp³-hybridized carbons (Fsp3) is 0.528. The van der Waals surface area contributed by atoms with Gasteiger partial charge in [0.2, 0.25) is 11.8 Å². The summed E-state index contributed by atoms with van der Waals surface area (Å²) in [6.45, 7) is 2.69. The van der Waals surface area contributed by atoms with Crippen molar-refractivity contribution in [1.29, 1.82) is 0 Å². The van der Waals surface area contributed by atoms with Crippen molar-refractivity contribution in [2.75, 3.05) is 33.3 Å². The summed E-state index contributed by atoms with van der Waals surface area (Å²) in [4.78, 5) is 45.1. The van der Waals surface area contributed by atoms with Crippen molar-refractivity contribution < 1.29 is 27.5 Å². The molecule has 6 aliphatic rings. The Morgan fingerprint density at radius 3 is 2.29 bits per heavy atom. The van der Waals surface area contributed by atoms with Gasteiger partial charge in [-0.3, -0.25) is 14.4 Å². The molecule has 2 aromatic carbocycles. The van der Waals surface area contributed by atoms with Gasteiger partial charge in [0, 0.05) is 66.4 Å². The zero-order chi connectivity index (χ0) is 33.1. The molecule has 0 radical (unpaired) electrons. The van der Waals surface area contributed by atoms with Gasteiger partial charge in [0.05, 0.1) is 18.3 Å². The molecule has 3 N–H and O–H groups in total. The third-order valence-electron chi connectivity index (χ3n) is 12.1. The molecule has 11 nitrogen and oxygen atoms in total. The lowest BCUT2D eigenvalue weighted by Gasteiger charge is -2.34. The second kappa shape index (κ2) is 10.5. The third kappa shape index (κ3) is 4.54. The second-order valence-electron chi connectivity index (χ2n) is 15.0. The summed E-state index contributed by atoms with van der Waals surface area (Å²) in [5, 5.41) is 6.17. The standard InChI is InChI=1S/C36H41N5O6S/c1-47-25-10-12-26-28(14-25)29-15-36(29,35(44)40-18-23-16-39(17-24(23)19-40)34(43)21-7-8-21)41-30-13-22(33(42)38-48(37,45)46)9-11-27(30)31(32(26)41)20-5-3-2-4-6-20/h9-14,20-21,23-24,29H,2-8,15-19H2,1H3,(H,38,42)(H2,37,45,46). The van der Waals surface area contributed by atoms with Crippen molar-refractivity contribution in [3.05, 3.63) is 53.1 Å². The highest BCUT2D eigenvalue weighted by Crippen LogP contribution is 2.67. The fourth-order valence-electron chi connectivity index (χ4n) is 9.70. The molecular formula is C36H41N5O6S. The van der Waals surface area contributed by atoms with Crippen LogP contribution in [0.25, 0.3) is 22.2 Å². The number of methoxy groups -OCH3 is 1. The van der Waals surface area contributed by atoms with E-state index in [1.807, 2.05) is 26.7 Å². The van der Waals surface area contributed by atoms with Gasteiger partial charge in [0.1, 0.15) is 11.3 Å². The molecule has 3 saturated carbocycles. The van der Waals surface area contributed by atoms with Crippen LogP contribution in [0, 0.1) is 17.8 Å². The Morgan fingerprint density at radius 2 is 1.62 bits per heavy atom. The maximum Gasteiger partial charge on any atom is 0.298 e. The van der Waals surface area contributed by atoms with Crippen molar-refractivity contribution in [3.63, 3.8) is 0 Å². The average molecular weight is 672 g/mol. The van der Waals surface area contributed by atoms with Gasteiger partial charge in [0.15, 0.2) is 0 Å². The van der Waals surface area contributed by atoms with Crippen LogP contribution >= 0.6 is 0 Å². The molecule has 4 atom stereocenters. The summed E-state index contributed by atoms with van der Waals surface area (Å²) in [5.74, 6) is 1.27. The number of nitrogens with two attached hydrogens (primary N) is 1. The van der Waals surface area contributed by atoms with E-state index in [1.165, 1.54) is 12.0 Å². The molecule has 12 heteroatoms. The van der Waals surface area contributed by atoms with Crippen molar-refractivity contribution in [1.82, 2.24) is 19.1 Å². The first kappa shape index (κ1) is 30.2. The van der Waals surface area contributed by atoms with Gasteiger partial charge in [-0.15, -0.1) is 0 Å². The molecule has 4 heterocycles. The molecule has 3 aromatic rings. The van der Waals surface area contributed by atoms with Crippen LogP contribution in [-0.2, 0) is 25.3 Å². The van der Waals surface area contributed by atoms with Crippen LogP contribution in [0.15, 0.2) is 36.4 Å². The van der Waals surface area contributed by atoms with Gasteiger partial charge in [-0.05, 0) is 79.5 Å². The molecular weight excluding hydrogens is 630 g/mol. The quantitative estimate of drug-likeness (QED) is 0.408. The average Bonchev–Trinajstić information content (AvgIpc) is 3.95. The Balaban J connectivity index is 1.18. The minimum atomic E-state index is -4.26. The van der Waals surface area contributed by atoms with Gasteiger partial charge in [0.25, 0.3) is 16.1 Å². The Hall–Kier alpha value is -3.90. The van der Waals surface area contributed by atoms with E-state index in [4.69, 9.17) is 9.88 Å². The van der Waals surface area contributed by atoms with Crippen LogP contribution in [-0.4, -0.2) is 73.8 Å². The lowest BCUT2D eigenvalue weighted by atomic mass is 9.80. The fourth-order valence-corrected chi connectivity index (χ4v) is 10.1. The Bertz CT molecular complexity index is 2000. The summed E-state index contributed by atoms with van der Waals surface area (Å²) in [6, 6.07) is 11.5. The number of nitrogens with one attached hydrogen (secondary N) is 1. The predicted molar refractivity (Wildman–Crippen MR) is 179 cm³/mol. The van der Waals surface area contributed by atoms with Gasteiger partial charge in [-0.1, -0.05) is 25.3 Å². The highest BCUT2D eigenvalue weighted by Gasteiger charge is 2.68. The number of amides is 3. The van der Waals surface area contributed by atoms with Crippen LogP contribution in [0.4, 0.5) is 0 Å². The number of carbonyl (C=O) groups is 3. The summed E-state index contributed by atoms with van der Waals surface area (Å²) >= 11 is 0. The molecule has 1 aromatic heterocycles. The number of likely N-dealkylation sites (tertiary alicyclic amines) is 2. The zero-order valence-electron chi connectivity index (χ0n) is 27.1. The number of aromatic nitrogens is 1. The van der Waals surface area contributed by atoms with Crippen molar-refractivity contribution in [2.45, 2.75) is 68.7 Å². The van der Waals surface area contributed by atoms with E-state index in [2.05, 4.69) is 16.7 Å². The Kier molecular flexibility index (Phi) is 6.63. The second-order valence-corrected chi connectivity index (χ2v) is 16.3. The highest BCUT2D eigenvalue weighted by atomic mass is 32.2. The smallest absolute Gasteiger partial charge is 0.298 e. The molecule has 4 unspecified atom stereocenters. The topological polar surface area (TPSA) is 144 Å². The molecule has 9 rings (SSSR count). The highest BCUT2D eigenvalue weighted by molar-refractivity contribution is 7.87. The maximum atomic E-state index is 15.1. The SMILES string of the molecule is COc1ccc2c(c1)C1CC1(C(=O)N1CC3CN(C(=O)C4CC4)CC3C1)n1c-2c(C2CCCCC2)c2ccc(C(=O)NS(N)(=O)=O)cc21. The molecule has 5 fully saturated rings. The minimum absolute atomic E-state index is 0.0762. The van der Waals surface area contributed by atoms with Crippen molar-refractivity contribution in [2.24, 2.45) is 22.9 Å². The monoisotopic (exact) mass is 671 g/mol. The lowest BCUT2D eigenvalue weighted by molar-refractivity contribution is -0.136. The van der Waals surface area contributed by atoms with E-state index in [0.717, 1.165) is 72.0 Å². The maximum absolute atomic E-state index is 15.1. The number of benzene rings is 2. The predicted octanol–water partition coefficient (Wildman–Crippen LogP) is 3.82. The first-order valence-corrected chi connectivity index (χ1v) is 18.9. The molecule has 2 saturated heterocycles. The number of hydrogen-bond donors (Lipinski definition) is 2. The molecule has 48 heavy (non-hydrogen) atoms. The van der Waals surface area contributed by atoms with Gasteiger partial charge < -0.3 is 19.1 Å². The number of ether oxygens (including phenoxy) is 1. The number of carbonyl (C=O) groups excluding carboxylic acids is 3. The Labute approximate surface area is 279 Å². The van der Waals surface area contributed by atoms with E-state index < -0.39 is 21.7 Å². The largest absolute Gasteiger partial charge is 0.497 e. The third-order valence-corrected chi connectivity index (χ3v) is 12.6. The molecule has 3 amide bonds. The van der Waals surface area contributed by atoms with Gasteiger partial charge >= 0.3 is 0 Å². The van der Waals surface area contributed by atoms with Crippen LogP contribution in [0.1, 0.15) is 84.7 Å². The van der Waals surface area contributed by atoms with Crippen molar-refractivity contribution >= 4 is 38.8 Å². The van der Waals surface area contributed by atoms with Crippen LogP contribution < -0.4 is 14.6 Å². The van der Waals surface area contributed by atoms with Crippen molar-refractivity contribution in [3.8, 4) is 17.0 Å². The first-order chi connectivity index (χ1) is 23.1. The van der Waals surface area contributed by atoms with E-state index in [0.29, 0.717) is 38.5 Å². The Morgan fingerprint density at radius 1 is 0.917 bits per heavy atom. The van der Waals surface area contributed by atoms with E-state index in [9.17, 15) is 18.0 Å². The van der Waals surface area contributed by atoms with Crippen LogP contribution in [0.3, 0.4) is 0 Å². The molecule has 252 valence electrons. The lowest BCUT2D eigenvalue weighted by Crippen LogP contribution is -2.45. The summed E-state index contributed by atoms with van der Waals surface area (Å²) in [5.41, 5.74) is 4.50. The number of nitrogens with zero attached hydrogens (tertiary/aromatic N) is 3. The normalized spacial score (nSPS) is 27.7. The minimum Gasteiger partial charge on any atom is -0.497 e. The van der Waals surface area contributed by atoms with Gasteiger partial charge in [-0.25, -0.2) is 9.86 Å².